The number of carbonyl (C=O) groups excluding carboxylic acids is 1. The number of amides is 1. The van der Waals surface area contributed by atoms with Crippen molar-refractivity contribution < 1.29 is 9.72 Å². The number of thiazole rings is 1. The first-order valence-electron chi connectivity index (χ1n) is 7.21. The van der Waals surface area contributed by atoms with Crippen LogP contribution in [-0.4, -0.2) is 15.4 Å². The molecule has 0 aliphatic heterocycles. The molecule has 3 aromatic rings. The molecular formula is C17H12BrN3O3S. The Labute approximate surface area is 155 Å². The van der Waals surface area contributed by atoms with E-state index < -0.39 is 10.8 Å². The third-order valence-corrected chi connectivity index (χ3v) is 5.24. The normalized spacial score (nSPS) is 12.2. The van der Waals surface area contributed by atoms with E-state index in [0.29, 0.717) is 10.4 Å². The van der Waals surface area contributed by atoms with Gasteiger partial charge in [-0.2, -0.15) is 4.99 Å². The molecule has 0 fully saturated rings. The monoisotopic (exact) mass is 417 g/mol. The first kappa shape index (κ1) is 17.2. The highest BCUT2D eigenvalue weighted by Gasteiger charge is 2.07. The Morgan fingerprint density at radius 1 is 1.28 bits per heavy atom. The van der Waals surface area contributed by atoms with E-state index in [4.69, 9.17) is 0 Å². The lowest BCUT2D eigenvalue weighted by atomic mass is 10.2. The van der Waals surface area contributed by atoms with Crippen LogP contribution in [0.3, 0.4) is 0 Å². The quantitative estimate of drug-likeness (QED) is 0.366. The number of para-hydroxylation sites is 1. The van der Waals surface area contributed by atoms with Gasteiger partial charge in [0.25, 0.3) is 11.6 Å². The van der Waals surface area contributed by atoms with Crippen LogP contribution in [0.25, 0.3) is 16.3 Å². The van der Waals surface area contributed by atoms with E-state index in [9.17, 15) is 14.9 Å². The predicted molar refractivity (Wildman–Crippen MR) is 101 cm³/mol. The second-order valence-corrected chi connectivity index (χ2v) is 7.03. The van der Waals surface area contributed by atoms with Gasteiger partial charge in [0.1, 0.15) is 0 Å². The molecule has 0 saturated heterocycles. The van der Waals surface area contributed by atoms with Crippen LogP contribution < -0.4 is 4.80 Å². The van der Waals surface area contributed by atoms with Crippen molar-refractivity contribution in [2.75, 3.05) is 0 Å². The zero-order valence-corrected chi connectivity index (χ0v) is 15.5. The molecule has 6 nitrogen and oxygen atoms in total. The fourth-order valence-electron chi connectivity index (χ4n) is 2.27. The number of aryl methyl sites for hydroxylation is 1. The number of non-ortho nitro benzene ring substituents is 1. The summed E-state index contributed by atoms with van der Waals surface area (Å²) in [5, 5.41) is 10.6. The minimum atomic E-state index is -0.465. The number of rotatable bonds is 3. The molecule has 25 heavy (non-hydrogen) atoms. The molecule has 8 heteroatoms. The summed E-state index contributed by atoms with van der Waals surface area (Å²) < 4.78 is 3.84. The Bertz CT molecular complexity index is 1060. The number of halogens is 1. The third-order valence-electron chi connectivity index (χ3n) is 3.50. The van der Waals surface area contributed by atoms with Gasteiger partial charge in [0, 0.05) is 29.7 Å². The summed E-state index contributed by atoms with van der Waals surface area (Å²) in [6, 6.07) is 11.8. The molecule has 0 N–H and O–H groups in total. The van der Waals surface area contributed by atoms with Gasteiger partial charge in [-0.3, -0.25) is 14.9 Å². The van der Waals surface area contributed by atoms with Crippen molar-refractivity contribution in [3.8, 4) is 0 Å². The van der Waals surface area contributed by atoms with E-state index in [-0.39, 0.29) is 5.69 Å². The molecule has 0 radical (unpaired) electrons. The van der Waals surface area contributed by atoms with Crippen LogP contribution in [-0.2, 0) is 11.8 Å². The standard InChI is InChI=1S/C17H12BrN3O3S/c1-20-16-13(18)3-2-4-14(16)25-17(20)19-15(22)10-7-11-5-8-12(9-6-11)21(23)24/h2-10H,1H3/b10-7-,19-17?. The van der Waals surface area contributed by atoms with E-state index in [1.807, 2.05) is 29.8 Å². The van der Waals surface area contributed by atoms with Crippen LogP contribution in [0.15, 0.2) is 58.0 Å². The first-order valence-corrected chi connectivity index (χ1v) is 8.82. The van der Waals surface area contributed by atoms with E-state index in [0.717, 1.165) is 14.7 Å². The first-order chi connectivity index (χ1) is 12.0. The SMILES string of the molecule is Cn1c(=NC(=O)/C=C\c2ccc([N+](=O)[O-])cc2)sc2cccc(Br)c21. The topological polar surface area (TPSA) is 77.5 Å². The smallest absolute Gasteiger partial charge is 0.272 e. The number of nitro benzene ring substituents is 1. The van der Waals surface area contributed by atoms with Crippen molar-refractivity contribution in [3.05, 3.63) is 73.5 Å². The summed E-state index contributed by atoms with van der Waals surface area (Å²) in [5.74, 6) is -0.392. The molecule has 0 spiro atoms. The summed E-state index contributed by atoms with van der Waals surface area (Å²) in [6.07, 6.45) is 2.93. The zero-order valence-electron chi connectivity index (χ0n) is 13.0. The number of carbonyl (C=O) groups is 1. The highest BCUT2D eigenvalue weighted by Crippen LogP contribution is 2.24. The summed E-state index contributed by atoms with van der Waals surface area (Å²) in [5.41, 5.74) is 1.69. The average molecular weight is 418 g/mol. The van der Waals surface area contributed by atoms with Crippen LogP contribution in [0.4, 0.5) is 5.69 Å². The van der Waals surface area contributed by atoms with E-state index in [2.05, 4.69) is 20.9 Å². The number of aromatic nitrogens is 1. The molecular weight excluding hydrogens is 406 g/mol. The van der Waals surface area contributed by atoms with Crippen molar-refractivity contribution in [1.29, 1.82) is 0 Å². The van der Waals surface area contributed by atoms with Crippen molar-refractivity contribution >= 4 is 55.2 Å². The molecule has 0 aliphatic rings. The molecule has 1 amide bonds. The van der Waals surface area contributed by atoms with Crippen LogP contribution in [0.1, 0.15) is 5.56 Å². The molecule has 0 bridgehead atoms. The second kappa shape index (κ2) is 7.12. The van der Waals surface area contributed by atoms with Gasteiger partial charge >= 0.3 is 0 Å². The Hall–Kier alpha value is -2.58. The maximum Gasteiger partial charge on any atom is 0.272 e. The van der Waals surface area contributed by atoms with Crippen LogP contribution in [0.5, 0.6) is 0 Å². The Morgan fingerprint density at radius 3 is 2.64 bits per heavy atom. The molecule has 1 aromatic heterocycles. The van der Waals surface area contributed by atoms with Crippen molar-refractivity contribution in [2.24, 2.45) is 12.0 Å². The third kappa shape index (κ3) is 3.75. The lowest BCUT2D eigenvalue weighted by Gasteiger charge is -1.97. The minimum absolute atomic E-state index is 0.0102. The number of hydrogen-bond donors (Lipinski definition) is 0. The number of fused-ring (bicyclic) bond motifs is 1. The van der Waals surface area contributed by atoms with Gasteiger partial charge < -0.3 is 4.57 Å². The molecule has 126 valence electrons. The summed E-state index contributed by atoms with van der Waals surface area (Å²) >= 11 is 4.93. The number of hydrogen-bond acceptors (Lipinski definition) is 4. The fraction of sp³-hybridized carbons (Fsp3) is 0.0588. The Kier molecular flexibility index (Phi) is 4.91. The van der Waals surface area contributed by atoms with E-state index in [1.54, 1.807) is 18.2 Å². The van der Waals surface area contributed by atoms with Gasteiger partial charge in [-0.25, -0.2) is 0 Å². The maximum atomic E-state index is 12.1. The molecule has 3 rings (SSSR count). The molecule has 2 aromatic carbocycles. The lowest BCUT2D eigenvalue weighted by molar-refractivity contribution is -0.384. The molecule has 0 saturated carbocycles. The zero-order chi connectivity index (χ0) is 18.0. The Balaban J connectivity index is 1.87. The van der Waals surface area contributed by atoms with Gasteiger partial charge in [0.15, 0.2) is 4.80 Å². The predicted octanol–water partition coefficient (Wildman–Crippen LogP) is 4.05. The van der Waals surface area contributed by atoms with Gasteiger partial charge in [0.2, 0.25) is 0 Å². The van der Waals surface area contributed by atoms with Crippen LogP contribution in [0, 0.1) is 10.1 Å². The average Bonchev–Trinajstić information content (AvgIpc) is 2.90. The molecule has 0 atom stereocenters. The molecule has 0 unspecified atom stereocenters. The van der Waals surface area contributed by atoms with Gasteiger partial charge in [-0.15, -0.1) is 0 Å². The number of benzene rings is 2. The maximum absolute atomic E-state index is 12.1. The van der Waals surface area contributed by atoms with Gasteiger partial charge in [-0.05, 0) is 51.8 Å². The van der Waals surface area contributed by atoms with Crippen molar-refractivity contribution in [3.63, 3.8) is 0 Å². The summed E-state index contributed by atoms with van der Waals surface area (Å²) in [4.78, 5) is 27.0. The summed E-state index contributed by atoms with van der Waals surface area (Å²) in [6.45, 7) is 0. The van der Waals surface area contributed by atoms with Crippen LogP contribution in [0.2, 0.25) is 0 Å². The van der Waals surface area contributed by atoms with Crippen molar-refractivity contribution in [1.82, 2.24) is 4.57 Å². The highest BCUT2D eigenvalue weighted by molar-refractivity contribution is 9.10. The molecule has 1 heterocycles. The van der Waals surface area contributed by atoms with Gasteiger partial charge in [0.05, 0.1) is 15.1 Å². The molecule has 0 aliphatic carbocycles. The van der Waals surface area contributed by atoms with Gasteiger partial charge in [-0.1, -0.05) is 17.4 Å². The minimum Gasteiger partial charge on any atom is -0.318 e. The second-order valence-electron chi connectivity index (χ2n) is 5.16. The Morgan fingerprint density at radius 2 is 2.00 bits per heavy atom. The number of nitro groups is 1. The van der Waals surface area contributed by atoms with Crippen LogP contribution >= 0.6 is 27.3 Å². The fourth-order valence-corrected chi connectivity index (χ4v) is 4.08. The summed E-state index contributed by atoms with van der Waals surface area (Å²) in [7, 11) is 1.86. The largest absolute Gasteiger partial charge is 0.318 e. The lowest BCUT2D eigenvalue weighted by Crippen LogP contribution is -2.12. The van der Waals surface area contributed by atoms with E-state index in [1.165, 1.54) is 29.5 Å². The number of nitrogens with zero attached hydrogens (tertiary/aromatic N) is 3. The van der Waals surface area contributed by atoms with Crippen molar-refractivity contribution in [2.45, 2.75) is 0 Å². The van der Waals surface area contributed by atoms with E-state index >= 15 is 0 Å². The highest BCUT2D eigenvalue weighted by atomic mass is 79.9.